The maximum Gasteiger partial charge on any atom is 0.0900 e. The summed E-state index contributed by atoms with van der Waals surface area (Å²) in [6.45, 7) is 11.5. The number of aryl methyl sites for hydroxylation is 2. The molecule has 0 spiro atoms. The lowest BCUT2D eigenvalue weighted by atomic mass is 10.0. The third-order valence-electron chi connectivity index (χ3n) is 4.28. The monoisotopic (exact) mass is 251 g/mol. The molecule has 1 aromatic heterocycles. The van der Waals surface area contributed by atoms with E-state index < -0.39 is 0 Å². The highest BCUT2D eigenvalue weighted by atomic mass is 32.1. The van der Waals surface area contributed by atoms with Gasteiger partial charge in [0.2, 0.25) is 0 Å². The van der Waals surface area contributed by atoms with Crippen LogP contribution in [-0.2, 0) is 0 Å². The molecule has 2 saturated heterocycles. The van der Waals surface area contributed by atoms with Crippen molar-refractivity contribution in [2.45, 2.75) is 26.8 Å². The van der Waals surface area contributed by atoms with Gasteiger partial charge in [0.05, 0.1) is 10.7 Å². The predicted octanol–water partition coefficient (Wildman–Crippen LogP) is 1.97. The van der Waals surface area contributed by atoms with Crippen LogP contribution in [0.5, 0.6) is 0 Å². The lowest BCUT2D eigenvalue weighted by molar-refractivity contribution is 0.246. The van der Waals surface area contributed by atoms with Crippen molar-refractivity contribution >= 4 is 11.3 Å². The van der Waals surface area contributed by atoms with Crippen LogP contribution in [0, 0.1) is 25.7 Å². The highest BCUT2D eigenvalue weighted by Crippen LogP contribution is 2.35. The molecule has 1 N–H and O–H groups in total. The van der Waals surface area contributed by atoms with Crippen molar-refractivity contribution in [2.75, 3.05) is 26.2 Å². The molecule has 4 heteroatoms. The van der Waals surface area contributed by atoms with E-state index in [1.807, 2.05) is 11.3 Å². The summed E-state index contributed by atoms with van der Waals surface area (Å²) in [4.78, 5) is 8.67. The molecule has 1 aromatic rings. The van der Waals surface area contributed by atoms with Crippen molar-refractivity contribution in [3.63, 3.8) is 0 Å². The first kappa shape index (κ1) is 11.6. The lowest BCUT2D eigenvalue weighted by Gasteiger charge is -2.24. The molecule has 0 aliphatic carbocycles. The number of rotatable bonds is 2. The number of nitrogens with one attached hydrogen (secondary N) is 1. The van der Waals surface area contributed by atoms with Crippen LogP contribution in [0.15, 0.2) is 0 Å². The Bertz CT molecular complexity index is 403. The second-order valence-corrected chi connectivity index (χ2v) is 6.73. The molecule has 0 aromatic carbocycles. The Hall–Kier alpha value is -0.450. The van der Waals surface area contributed by atoms with Crippen molar-refractivity contribution in [2.24, 2.45) is 11.8 Å². The summed E-state index contributed by atoms with van der Waals surface area (Å²) in [7, 11) is 0. The van der Waals surface area contributed by atoms with E-state index in [1.54, 1.807) is 0 Å². The van der Waals surface area contributed by atoms with Crippen LogP contribution in [0.2, 0.25) is 0 Å². The van der Waals surface area contributed by atoms with Crippen LogP contribution in [0.25, 0.3) is 0 Å². The Kier molecular flexibility index (Phi) is 2.97. The normalized spacial score (nSPS) is 30.8. The van der Waals surface area contributed by atoms with Crippen LogP contribution in [0.1, 0.15) is 28.5 Å². The van der Waals surface area contributed by atoms with Gasteiger partial charge in [0.1, 0.15) is 0 Å². The van der Waals surface area contributed by atoms with Crippen molar-refractivity contribution in [3.05, 3.63) is 15.6 Å². The van der Waals surface area contributed by atoms with E-state index in [0.717, 1.165) is 11.8 Å². The highest BCUT2D eigenvalue weighted by Gasteiger charge is 2.38. The Morgan fingerprint density at radius 1 is 1.29 bits per heavy atom. The SMILES string of the molecule is Cc1nc(C)c(C(C)N2CC3CNCC3C2)s1. The van der Waals surface area contributed by atoms with Gasteiger partial charge in [-0.3, -0.25) is 4.90 Å². The van der Waals surface area contributed by atoms with Gasteiger partial charge in [0.25, 0.3) is 0 Å². The van der Waals surface area contributed by atoms with Gasteiger partial charge in [-0.25, -0.2) is 4.98 Å². The Morgan fingerprint density at radius 3 is 2.47 bits per heavy atom. The predicted molar refractivity (Wildman–Crippen MR) is 71.4 cm³/mol. The molecule has 2 aliphatic heterocycles. The van der Waals surface area contributed by atoms with Crippen LogP contribution in [0.4, 0.5) is 0 Å². The quantitative estimate of drug-likeness (QED) is 0.871. The van der Waals surface area contributed by atoms with E-state index in [-0.39, 0.29) is 0 Å². The zero-order chi connectivity index (χ0) is 12.0. The van der Waals surface area contributed by atoms with E-state index in [4.69, 9.17) is 0 Å². The number of hydrogen-bond acceptors (Lipinski definition) is 4. The summed E-state index contributed by atoms with van der Waals surface area (Å²) in [5.74, 6) is 1.76. The second-order valence-electron chi connectivity index (χ2n) is 5.49. The molecule has 3 unspecified atom stereocenters. The maximum atomic E-state index is 4.56. The molecule has 94 valence electrons. The fraction of sp³-hybridized carbons (Fsp3) is 0.769. The number of hydrogen-bond donors (Lipinski definition) is 1. The molecule has 0 radical (unpaired) electrons. The number of fused-ring (bicyclic) bond motifs is 1. The van der Waals surface area contributed by atoms with Crippen molar-refractivity contribution in [1.82, 2.24) is 15.2 Å². The summed E-state index contributed by atoms with van der Waals surface area (Å²) >= 11 is 1.87. The first-order chi connectivity index (χ1) is 8.15. The van der Waals surface area contributed by atoms with Gasteiger partial charge in [0.15, 0.2) is 0 Å². The summed E-state index contributed by atoms with van der Waals surface area (Å²) < 4.78 is 0. The minimum absolute atomic E-state index is 0.548. The Morgan fingerprint density at radius 2 is 1.94 bits per heavy atom. The minimum atomic E-state index is 0.548. The number of thiazole rings is 1. The fourth-order valence-electron chi connectivity index (χ4n) is 3.31. The smallest absolute Gasteiger partial charge is 0.0900 e. The van der Waals surface area contributed by atoms with Gasteiger partial charge in [-0.15, -0.1) is 11.3 Å². The molecular formula is C13H21N3S. The van der Waals surface area contributed by atoms with Crippen LogP contribution < -0.4 is 5.32 Å². The molecule has 3 atom stereocenters. The molecule has 3 heterocycles. The number of aromatic nitrogens is 1. The van der Waals surface area contributed by atoms with Gasteiger partial charge < -0.3 is 5.32 Å². The first-order valence-electron chi connectivity index (χ1n) is 6.54. The van der Waals surface area contributed by atoms with Crippen molar-refractivity contribution in [1.29, 1.82) is 0 Å². The summed E-state index contributed by atoms with van der Waals surface area (Å²) in [6, 6.07) is 0.548. The van der Waals surface area contributed by atoms with E-state index >= 15 is 0 Å². The molecule has 2 aliphatic rings. The van der Waals surface area contributed by atoms with Crippen LogP contribution in [0.3, 0.4) is 0 Å². The summed E-state index contributed by atoms with van der Waals surface area (Å²) in [5, 5.41) is 4.70. The van der Waals surface area contributed by atoms with Crippen LogP contribution in [-0.4, -0.2) is 36.1 Å². The molecular weight excluding hydrogens is 230 g/mol. The average molecular weight is 251 g/mol. The highest BCUT2D eigenvalue weighted by molar-refractivity contribution is 7.11. The van der Waals surface area contributed by atoms with Crippen molar-refractivity contribution in [3.8, 4) is 0 Å². The minimum Gasteiger partial charge on any atom is -0.316 e. The molecule has 3 rings (SSSR count). The molecule has 0 bridgehead atoms. The van der Waals surface area contributed by atoms with Crippen LogP contribution >= 0.6 is 11.3 Å². The van der Waals surface area contributed by atoms with E-state index in [9.17, 15) is 0 Å². The third-order valence-corrected chi connectivity index (χ3v) is 5.53. The largest absolute Gasteiger partial charge is 0.316 e. The standard InChI is InChI=1S/C13H21N3S/c1-8-13(17-10(3)15-8)9(2)16-6-11-4-14-5-12(11)7-16/h9,11-12,14H,4-7H2,1-3H3. The zero-order valence-electron chi connectivity index (χ0n) is 10.9. The molecule has 2 fully saturated rings. The summed E-state index contributed by atoms with van der Waals surface area (Å²) in [6.07, 6.45) is 0. The second kappa shape index (κ2) is 4.34. The van der Waals surface area contributed by atoms with E-state index in [0.29, 0.717) is 6.04 Å². The number of nitrogens with zero attached hydrogens (tertiary/aromatic N) is 2. The zero-order valence-corrected chi connectivity index (χ0v) is 11.7. The molecule has 17 heavy (non-hydrogen) atoms. The molecule has 0 amide bonds. The Balaban J connectivity index is 1.75. The van der Waals surface area contributed by atoms with Gasteiger partial charge in [-0.2, -0.15) is 0 Å². The van der Waals surface area contributed by atoms with E-state index in [2.05, 4.69) is 36.0 Å². The Labute approximate surface area is 107 Å². The number of likely N-dealkylation sites (tertiary alicyclic amines) is 1. The summed E-state index contributed by atoms with van der Waals surface area (Å²) in [5.41, 5.74) is 1.23. The average Bonchev–Trinajstić information content (AvgIpc) is 2.90. The van der Waals surface area contributed by atoms with Gasteiger partial charge in [0, 0.05) is 24.0 Å². The first-order valence-corrected chi connectivity index (χ1v) is 7.35. The van der Waals surface area contributed by atoms with Gasteiger partial charge in [-0.1, -0.05) is 0 Å². The van der Waals surface area contributed by atoms with E-state index in [1.165, 1.54) is 41.8 Å². The lowest BCUT2D eigenvalue weighted by Crippen LogP contribution is -2.28. The molecule has 0 saturated carbocycles. The van der Waals surface area contributed by atoms with Gasteiger partial charge in [-0.05, 0) is 45.7 Å². The third kappa shape index (κ3) is 2.02. The van der Waals surface area contributed by atoms with Gasteiger partial charge >= 0.3 is 0 Å². The topological polar surface area (TPSA) is 28.2 Å². The fourth-order valence-corrected chi connectivity index (χ4v) is 4.32. The maximum absolute atomic E-state index is 4.56. The van der Waals surface area contributed by atoms with Crippen molar-refractivity contribution < 1.29 is 0 Å². The molecule has 3 nitrogen and oxygen atoms in total.